The van der Waals surface area contributed by atoms with Gasteiger partial charge < -0.3 is 15.2 Å². The van der Waals surface area contributed by atoms with Crippen LogP contribution < -0.4 is 10.1 Å². The predicted octanol–water partition coefficient (Wildman–Crippen LogP) is 3.43. The summed E-state index contributed by atoms with van der Waals surface area (Å²) in [6.07, 6.45) is 0.440. The molecule has 6 heteroatoms. The highest BCUT2D eigenvalue weighted by molar-refractivity contribution is 5.94. The summed E-state index contributed by atoms with van der Waals surface area (Å²) in [5.74, 6) is -1.08. The molecule has 1 aliphatic carbocycles. The molecule has 0 aromatic heterocycles. The fourth-order valence-electron chi connectivity index (χ4n) is 2.31. The summed E-state index contributed by atoms with van der Waals surface area (Å²) in [4.78, 5) is 11.6. The highest BCUT2D eigenvalue weighted by atomic mass is 19.1. The van der Waals surface area contributed by atoms with Crippen LogP contribution in [0.25, 0.3) is 0 Å². The molecule has 1 amide bonds. The number of aliphatic hydroxyl groups excluding tert-OH is 1. The van der Waals surface area contributed by atoms with E-state index in [0.717, 1.165) is 25.0 Å². The first-order valence-corrected chi connectivity index (χ1v) is 7.70. The maximum atomic E-state index is 13.6. The summed E-state index contributed by atoms with van der Waals surface area (Å²) in [5, 5.41) is 12.7. The Morgan fingerprint density at radius 1 is 1.17 bits per heavy atom. The average molecular weight is 333 g/mol. The third kappa shape index (κ3) is 3.89. The summed E-state index contributed by atoms with van der Waals surface area (Å²) in [5.41, 5.74) is 0.241. The van der Waals surface area contributed by atoms with Gasteiger partial charge >= 0.3 is 0 Å². The first-order valence-electron chi connectivity index (χ1n) is 7.70. The van der Waals surface area contributed by atoms with Gasteiger partial charge in [0.05, 0.1) is 5.56 Å². The van der Waals surface area contributed by atoms with Gasteiger partial charge in [-0.05, 0) is 49.2 Å². The summed E-state index contributed by atoms with van der Waals surface area (Å²) < 4.78 is 32.5. The van der Waals surface area contributed by atoms with Crippen LogP contribution in [-0.4, -0.2) is 17.6 Å². The second-order valence-corrected chi connectivity index (χ2v) is 5.75. The van der Waals surface area contributed by atoms with Crippen LogP contribution in [0.15, 0.2) is 42.5 Å². The largest absolute Gasteiger partial charge is 0.491 e. The number of ether oxygens (including phenoxy) is 1. The topological polar surface area (TPSA) is 58.6 Å². The molecule has 1 atom stereocenters. The second-order valence-electron chi connectivity index (χ2n) is 5.75. The number of carbonyl (C=O) groups is 1. The number of amides is 1. The Hall–Kier alpha value is -2.47. The zero-order chi connectivity index (χ0) is 17.1. The van der Waals surface area contributed by atoms with Crippen LogP contribution in [0.2, 0.25) is 0 Å². The van der Waals surface area contributed by atoms with E-state index in [9.17, 15) is 18.7 Å². The van der Waals surface area contributed by atoms with Crippen LogP contribution >= 0.6 is 0 Å². The van der Waals surface area contributed by atoms with Crippen LogP contribution in [0.5, 0.6) is 5.75 Å². The van der Waals surface area contributed by atoms with Gasteiger partial charge in [-0.3, -0.25) is 4.79 Å². The van der Waals surface area contributed by atoms with Crippen LogP contribution in [-0.2, 0) is 4.79 Å². The van der Waals surface area contributed by atoms with Crippen molar-refractivity contribution in [3.8, 4) is 5.75 Å². The van der Waals surface area contributed by atoms with Gasteiger partial charge in [0, 0.05) is 11.6 Å². The lowest BCUT2D eigenvalue weighted by Gasteiger charge is -2.14. The van der Waals surface area contributed by atoms with E-state index in [0.29, 0.717) is 11.4 Å². The summed E-state index contributed by atoms with van der Waals surface area (Å²) >= 11 is 0. The molecule has 0 bridgehead atoms. The lowest BCUT2D eigenvalue weighted by atomic mass is 10.1. The maximum Gasteiger partial charge on any atom is 0.227 e. The van der Waals surface area contributed by atoms with Crippen LogP contribution in [0.3, 0.4) is 0 Å². The zero-order valence-electron chi connectivity index (χ0n) is 12.8. The molecule has 1 fully saturated rings. The third-order valence-electron chi connectivity index (χ3n) is 3.81. The Labute approximate surface area is 138 Å². The van der Waals surface area contributed by atoms with Crippen molar-refractivity contribution in [2.24, 2.45) is 5.92 Å². The number of hydrogen-bond acceptors (Lipinski definition) is 3. The minimum atomic E-state index is -1.42. The molecule has 4 nitrogen and oxygen atoms in total. The molecule has 126 valence electrons. The van der Waals surface area contributed by atoms with Gasteiger partial charge in [0.2, 0.25) is 5.91 Å². The van der Waals surface area contributed by atoms with E-state index in [1.165, 1.54) is 6.07 Å². The number of benzene rings is 2. The minimum Gasteiger partial charge on any atom is -0.491 e. The number of hydrogen-bond donors (Lipinski definition) is 2. The first-order chi connectivity index (χ1) is 11.5. The van der Waals surface area contributed by atoms with Crippen molar-refractivity contribution in [3.05, 3.63) is 59.7 Å². The number of nitrogens with one attached hydrogen (secondary N) is 1. The number of carbonyl (C=O) groups excluding carboxylic acids is 1. The SMILES string of the molecule is O=C(Nc1ccc(OCC(O)c2c(F)cccc2F)cc1)C1CC1. The lowest BCUT2D eigenvalue weighted by Crippen LogP contribution is -2.14. The van der Waals surface area contributed by atoms with E-state index in [2.05, 4.69) is 5.32 Å². The molecule has 0 heterocycles. The molecule has 0 spiro atoms. The standard InChI is InChI=1S/C18H17F2NO3/c19-14-2-1-3-15(20)17(14)16(22)10-24-13-8-6-12(7-9-13)21-18(23)11-4-5-11/h1-3,6-9,11,16,22H,4-5,10H2,(H,21,23). The van der Waals surface area contributed by atoms with Gasteiger partial charge in [-0.25, -0.2) is 8.78 Å². The van der Waals surface area contributed by atoms with Gasteiger partial charge in [0.1, 0.15) is 30.1 Å². The molecule has 1 saturated carbocycles. The molecule has 0 radical (unpaired) electrons. The van der Waals surface area contributed by atoms with E-state index in [4.69, 9.17) is 4.74 Å². The Bertz CT molecular complexity index is 709. The average Bonchev–Trinajstić information content (AvgIpc) is 3.39. The van der Waals surface area contributed by atoms with E-state index in [1.54, 1.807) is 24.3 Å². The molecule has 1 unspecified atom stereocenters. The van der Waals surface area contributed by atoms with Crippen molar-refractivity contribution >= 4 is 11.6 Å². The Morgan fingerprint density at radius 3 is 2.38 bits per heavy atom. The van der Waals surface area contributed by atoms with Crippen LogP contribution in [0, 0.1) is 17.6 Å². The number of aliphatic hydroxyl groups is 1. The van der Waals surface area contributed by atoms with Gasteiger partial charge in [-0.1, -0.05) is 6.07 Å². The summed E-state index contributed by atoms with van der Waals surface area (Å²) in [7, 11) is 0. The monoisotopic (exact) mass is 333 g/mol. The normalized spacial score (nSPS) is 15.0. The van der Waals surface area contributed by atoms with E-state index < -0.39 is 23.3 Å². The molecule has 1 aliphatic rings. The Morgan fingerprint density at radius 2 is 1.79 bits per heavy atom. The molecule has 3 rings (SSSR count). The van der Waals surface area contributed by atoms with Crippen molar-refractivity contribution in [1.82, 2.24) is 0 Å². The second kappa shape index (κ2) is 6.97. The van der Waals surface area contributed by atoms with Crippen LogP contribution in [0.4, 0.5) is 14.5 Å². The minimum absolute atomic E-state index is 0.00844. The Balaban J connectivity index is 1.57. The highest BCUT2D eigenvalue weighted by Gasteiger charge is 2.29. The van der Waals surface area contributed by atoms with E-state index >= 15 is 0 Å². The van der Waals surface area contributed by atoms with Gasteiger partial charge in [-0.2, -0.15) is 0 Å². The lowest BCUT2D eigenvalue weighted by molar-refractivity contribution is -0.117. The number of rotatable bonds is 6. The third-order valence-corrected chi connectivity index (χ3v) is 3.81. The summed E-state index contributed by atoms with van der Waals surface area (Å²) in [6.45, 7) is -0.286. The molecule has 2 N–H and O–H groups in total. The quantitative estimate of drug-likeness (QED) is 0.851. The van der Waals surface area contributed by atoms with Crippen molar-refractivity contribution in [3.63, 3.8) is 0 Å². The molecule has 24 heavy (non-hydrogen) atoms. The molecule has 2 aromatic carbocycles. The predicted molar refractivity (Wildman–Crippen MR) is 84.6 cm³/mol. The van der Waals surface area contributed by atoms with Crippen molar-refractivity contribution in [2.45, 2.75) is 18.9 Å². The Kier molecular flexibility index (Phi) is 4.76. The van der Waals surface area contributed by atoms with Crippen molar-refractivity contribution < 1.29 is 23.4 Å². The number of halogens is 2. The molecular weight excluding hydrogens is 316 g/mol. The fraction of sp³-hybridized carbons (Fsp3) is 0.278. The van der Waals surface area contributed by atoms with Crippen LogP contribution in [0.1, 0.15) is 24.5 Å². The highest BCUT2D eigenvalue weighted by Crippen LogP contribution is 2.30. The van der Waals surface area contributed by atoms with Gasteiger partial charge in [-0.15, -0.1) is 0 Å². The van der Waals surface area contributed by atoms with Crippen molar-refractivity contribution in [1.29, 1.82) is 0 Å². The maximum absolute atomic E-state index is 13.6. The molecule has 2 aromatic rings. The molecular formula is C18H17F2NO3. The fourth-order valence-corrected chi connectivity index (χ4v) is 2.31. The first kappa shape index (κ1) is 16.4. The number of anilines is 1. The van der Waals surface area contributed by atoms with E-state index in [-0.39, 0.29) is 18.4 Å². The molecule has 0 saturated heterocycles. The van der Waals surface area contributed by atoms with E-state index in [1.807, 2.05) is 0 Å². The summed E-state index contributed by atoms with van der Waals surface area (Å²) in [6, 6.07) is 9.98. The van der Waals surface area contributed by atoms with Gasteiger partial charge in [0.15, 0.2) is 0 Å². The van der Waals surface area contributed by atoms with Crippen molar-refractivity contribution in [2.75, 3.05) is 11.9 Å². The molecule has 0 aliphatic heterocycles. The zero-order valence-corrected chi connectivity index (χ0v) is 12.8. The smallest absolute Gasteiger partial charge is 0.227 e. The van der Waals surface area contributed by atoms with Gasteiger partial charge in [0.25, 0.3) is 0 Å².